The summed E-state index contributed by atoms with van der Waals surface area (Å²) in [6.07, 6.45) is 14.0. The lowest BCUT2D eigenvalue weighted by Crippen LogP contribution is -2.20. The van der Waals surface area contributed by atoms with Crippen LogP contribution in [0.2, 0.25) is 0 Å². The van der Waals surface area contributed by atoms with Gasteiger partial charge < -0.3 is 15.8 Å². The van der Waals surface area contributed by atoms with E-state index in [1.54, 1.807) is 6.07 Å². The van der Waals surface area contributed by atoms with E-state index < -0.39 is 0 Å². The molecule has 0 saturated heterocycles. The van der Waals surface area contributed by atoms with Gasteiger partial charge in [0, 0.05) is 29.7 Å². The molecule has 1 unspecified atom stereocenters. The summed E-state index contributed by atoms with van der Waals surface area (Å²) in [6, 6.07) is 24.0. The van der Waals surface area contributed by atoms with Crippen molar-refractivity contribution in [3.8, 4) is 16.9 Å². The molecule has 6 nitrogen and oxygen atoms in total. The monoisotopic (exact) mass is 571 g/mol. The second-order valence-corrected chi connectivity index (χ2v) is 11.5. The zero-order valence-electron chi connectivity index (χ0n) is 24.5. The number of benzene rings is 4. The van der Waals surface area contributed by atoms with Crippen LogP contribution in [0.1, 0.15) is 51.8 Å². The van der Waals surface area contributed by atoms with Gasteiger partial charge in [-0.25, -0.2) is 0 Å². The molecule has 2 aliphatic carbocycles. The number of rotatable bonds is 5. The molecule has 0 saturated carbocycles. The minimum atomic E-state index is -0.249. The Balaban J connectivity index is 0.000000250. The van der Waals surface area contributed by atoms with Gasteiger partial charge in [-0.15, -0.1) is 0 Å². The first-order valence-corrected chi connectivity index (χ1v) is 15.1. The fourth-order valence-electron chi connectivity index (χ4n) is 6.50. The van der Waals surface area contributed by atoms with Crippen LogP contribution in [0, 0.1) is 23.0 Å². The van der Waals surface area contributed by atoms with Crippen LogP contribution < -0.4 is 15.8 Å². The molecule has 0 fully saturated rings. The summed E-state index contributed by atoms with van der Waals surface area (Å²) in [4.78, 5) is 11.2. The quantitative estimate of drug-likeness (QED) is 0.144. The molecule has 6 heteroatoms. The second kappa shape index (κ2) is 12.6. The number of hydrogen-bond donors (Lipinski definition) is 2. The van der Waals surface area contributed by atoms with Gasteiger partial charge in [0.05, 0.1) is 11.5 Å². The highest BCUT2D eigenvalue weighted by Gasteiger charge is 2.28. The van der Waals surface area contributed by atoms with Crippen molar-refractivity contribution in [1.29, 1.82) is 0 Å². The van der Waals surface area contributed by atoms with Gasteiger partial charge in [-0.2, -0.15) is 0 Å². The number of nitro benzene ring substituents is 1. The molecule has 1 heterocycles. The third kappa shape index (κ3) is 6.19. The van der Waals surface area contributed by atoms with Crippen LogP contribution in [-0.4, -0.2) is 11.5 Å². The highest BCUT2D eigenvalue weighted by Crippen LogP contribution is 2.42. The zero-order chi connectivity index (χ0) is 29.8. The van der Waals surface area contributed by atoms with Crippen LogP contribution >= 0.6 is 0 Å². The molecule has 0 aromatic heterocycles. The molecule has 0 radical (unpaired) electrons. The smallest absolute Gasteiger partial charge is 0.273 e. The zero-order valence-corrected chi connectivity index (χ0v) is 24.5. The van der Waals surface area contributed by atoms with E-state index in [-0.39, 0.29) is 10.6 Å². The van der Waals surface area contributed by atoms with Gasteiger partial charge in [0.2, 0.25) is 0 Å². The van der Waals surface area contributed by atoms with Gasteiger partial charge in [-0.1, -0.05) is 48.5 Å². The molecule has 0 spiro atoms. The lowest BCUT2D eigenvalue weighted by atomic mass is 9.74. The Hall–Kier alpha value is -4.84. The highest BCUT2D eigenvalue weighted by molar-refractivity contribution is 5.78. The Bertz CT molecular complexity index is 1690. The van der Waals surface area contributed by atoms with Crippen LogP contribution in [0.3, 0.4) is 0 Å². The third-order valence-corrected chi connectivity index (χ3v) is 8.86. The molecule has 3 N–H and O–H groups in total. The van der Waals surface area contributed by atoms with Gasteiger partial charge >= 0.3 is 0 Å². The third-order valence-electron chi connectivity index (χ3n) is 8.86. The van der Waals surface area contributed by atoms with E-state index in [1.165, 1.54) is 39.8 Å². The highest BCUT2D eigenvalue weighted by atomic mass is 16.6. The van der Waals surface area contributed by atoms with Crippen LogP contribution in [-0.2, 0) is 25.7 Å². The average Bonchev–Trinajstić information content (AvgIpc) is 3.28. The molecule has 0 amide bonds. The van der Waals surface area contributed by atoms with E-state index in [9.17, 15) is 10.1 Å². The maximum Gasteiger partial charge on any atom is 0.273 e. The van der Waals surface area contributed by atoms with Crippen LogP contribution in [0.5, 0.6) is 5.75 Å². The van der Waals surface area contributed by atoms with Crippen LogP contribution in [0.15, 0.2) is 85.2 Å². The molecule has 4 aromatic carbocycles. The van der Waals surface area contributed by atoms with Crippen molar-refractivity contribution in [3.05, 3.63) is 134 Å². The first kappa shape index (κ1) is 28.3. The summed E-state index contributed by atoms with van der Waals surface area (Å²) in [7, 11) is 0. The van der Waals surface area contributed by atoms with Crippen molar-refractivity contribution in [2.24, 2.45) is 5.92 Å². The minimum Gasteiger partial charge on any atom is -0.494 e. The largest absolute Gasteiger partial charge is 0.494 e. The van der Waals surface area contributed by atoms with Gasteiger partial charge in [0.15, 0.2) is 0 Å². The summed E-state index contributed by atoms with van der Waals surface area (Å²) in [5.74, 6) is 1.47. The molecule has 43 heavy (non-hydrogen) atoms. The molecule has 1 atom stereocenters. The number of nitrogens with two attached hydrogens (primary N) is 1. The fourth-order valence-corrected chi connectivity index (χ4v) is 6.50. The number of nitro groups is 1. The SMILES string of the molecule is C1=Cc2ccccc2C=CN1.Cc1cc(OCCC2CCc3ccc4c(c3C2)CCc2c-4cccc2[N+](=O)[O-])ccc1N. The minimum absolute atomic E-state index is 0.249. The average molecular weight is 572 g/mol. The molecule has 218 valence electrons. The van der Waals surface area contributed by atoms with E-state index in [1.807, 2.05) is 61.8 Å². The number of nitrogen functional groups attached to an aromatic ring is 1. The fraction of sp³-hybridized carbons (Fsp3) is 0.243. The molecule has 4 aromatic rings. The van der Waals surface area contributed by atoms with E-state index in [0.717, 1.165) is 60.2 Å². The van der Waals surface area contributed by atoms with Crippen molar-refractivity contribution < 1.29 is 9.66 Å². The van der Waals surface area contributed by atoms with Crippen molar-refractivity contribution in [1.82, 2.24) is 5.32 Å². The molecule has 1 aliphatic heterocycles. The Labute approximate surface area is 253 Å². The number of hydrogen-bond acceptors (Lipinski definition) is 5. The molecule has 0 bridgehead atoms. The lowest BCUT2D eigenvalue weighted by Gasteiger charge is -2.30. The van der Waals surface area contributed by atoms with Crippen LogP contribution in [0.4, 0.5) is 11.4 Å². The number of ether oxygens (including phenoxy) is 1. The number of nitrogens with zero attached hydrogens (tertiary/aromatic N) is 1. The predicted octanol–water partition coefficient (Wildman–Crippen LogP) is 8.06. The standard InChI is InChI=1S/C27H28N2O3.C10H9N/c1-17-15-20(8-12-26(17)28)32-14-13-18-5-6-19-7-9-22-21-3-2-4-27(29(30)31)24(21)11-10-23(22)25(19)16-18;1-2-4-10-6-8-11-7-5-9(10)3-1/h2-4,7-9,12,15,18H,5-6,10-11,13-14,16,28H2,1H3;1-8,11H. The predicted molar refractivity (Wildman–Crippen MR) is 175 cm³/mol. The van der Waals surface area contributed by atoms with Gasteiger partial charge in [-0.3, -0.25) is 10.1 Å². The van der Waals surface area contributed by atoms with Gasteiger partial charge in [-0.05, 0) is 126 Å². The summed E-state index contributed by atoms with van der Waals surface area (Å²) in [5, 5.41) is 14.5. The summed E-state index contributed by atoms with van der Waals surface area (Å²) in [6.45, 7) is 2.70. The lowest BCUT2D eigenvalue weighted by molar-refractivity contribution is -0.385. The number of nitrogens with one attached hydrogen (secondary N) is 1. The Morgan fingerprint density at radius 2 is 1.63 bits per heavy atom. The molecular formula is C37H37N3O3. The first-order chi connectivity index (χ1) is 21.0. The summed E-state index contributed by atoms with van der Waals surface area (Å²) < 4.78 is 6.01. The Kier molecular flexibility index (Phi) is 8.27. The number of aryl methyl sites for hydroxylation is 2. The topological polar surface area (TPSA) is 90.4 Å². The van der Waals surface area contributed by atoms with Gasteiger partial charge in [0.25, 0.3) is 5.69 Å². The van der Waals surface area contributed by atoms with Crippen LogP contribution in [0.25, 0.3) is 23.3 Å². The van der Waals surface area contributed by atoms with E-state index in [4.69, 9.17) is 10.5 Å². The second-order valence-electron chi connectivity index (χ2n) is 11.5. The van der Waals surface area contributed by atoms with Crippen molar-refractivity contribution in [3.63, 3.8) is 0 Å². The normalized spacial score (nSPS) is 15.8. The number of anilines is 1. The maximum atomic E-state index is 11.5. The first-order valence-electron chi connectivity index (χ1n) is 15.1. The molecule has 7 rings (SSSR count). The van der Waals surface area contributed by atoms with E-state index in [0.29, 0.717) is 12.5 Å². The molecule has 3 aliphatic rings. The van der Waals surface area contributed by atoms with E-state index in [2.05, 4.69) is 41.7 Å². The van der Waals surface area contributed by atoms with Crippen molar-refractivity contribution in [2.75, 3.05) is 12.3 Å². The summed E-state index contributed by atoms with van der Waals surface area (Å²) >= 11 is 0. The number of fused-ring (bicyclic) bond motifs is 6. The Morgan fingerprint density at radius 1 is 0.884 bits per heavy atom. The van der Waals surface area contributed by atoms with Crippen molar-refractivity contribution >= 4 is 23.5 Å². The summed E-state index contributed by atoms with van der Waals surface area (Å²) in [5.41, 5.74) is 17.9. The van der Waals surface area contributed by atoms with Gasteiger partial charge in [0.1, 0.15) is 5.75 Å². The van der Waals surface area contributed by atoms with Crippen molar-refractivity contribution in [2.45, 2.75) is 45.4 Å². The molecular weight excluding hydrogens is 534 g/mol. The van der Waals surface area contributed by atoms with E-state index >= 15 is 0 Å². The Morgan fingerprint density at radius 3 is 2.37 bits per heavy atom. The maximum absolute atomic E-state index is 11.5.